The number of thiazole rings is 1. The van der Waals surface area contributed by atoms with Gasteiger partial charge in [0.2, 0.25) is 0 Å². The van der Waals surface area contributed by atoms with Gasteiger partial charge in [-0.25, -0.2) is 4.98 Å². The van der Waals surface area contributed by atoms with Crippen molar-refractivity contribution in [3.8, 4) is 11.5 Å². The molecule has 1 atom stereocenters. The first-order valence-electron chi connectivity index (χ1n) is 9.36. The summed E-state index contributed by atoms with van der Waals surface area (Å²) in [4.78, 5) is 20.1. The summed E-state index contributed by atoms with van der Waals surface area (Å²) in [6.45, 7) is 1.82. The Morgan fingerprint density at radius 3 is 2.81 bits per heavy atom. The molecule has 6 heteroatoms. The third-order valence-corrected chi connectivity index (χ3v) is 6.29. The van der Waals surface area contributed by atoms with Crippen LogP contribution in [0.25, 0.3) is 10.2 Å². The molecule has 0 spiro atoms. The summed E-state index contributed by atoms with van der Waals surface area (Å²) < 4.78 is 12.4. The Labute approximate surface area is 161 Å². The fourth-order valence-electron chi connectivity index (χ4n) is 3.81. The summed E-state index contributed by atoms with van der Waals surface area (Å²) in [5.41, 5.74) is 1.65. The number of amides is 1. The second-order valence-corrected chi connectivity index (χ2v) is 7.95. The van der Waals surface area contributed by atoms with Crippen LogP contribution in [0.4, 0.5) is 0 Å². The van der Waals surface area contributed by atoms with Crippen LogP contribution in [0.3, 0.4) is 0 Å². The standard InChI is InChI=1S/C21H20N2O3S/c24-21(14-8-9-17-18(13-14)26-12-11-25-17)23-10-4-3-6-16(23)20-22-15-5-1-2-7-19(15)27-20/h1-2,5,7-9,13,16H,3-4,6,10-12H2/t16-/m1/s1. The minimum absolute atomic E-state index is 0.0379. The number of likely N-dealkylation sites (tertiary alicyclic amines) is 1. The van der Waals surface area contributed by atoms with Crippen LogP contribution in [0.1, 0.15) is 40.7 Å². The first kappa shape index (κ1) is 16.6. The number of carbonyl (C=O) groups is 1. The SMILES string of the molecule is O=C(c1ccc2c(c1)OCCO2)N1CCCC[C@@H]1c1nc2ccccc2s1. The number of nitrogens with zero attached hydrogens (tertiary/aromatic N) is 2. The maximum atomic E-state index is 13.3. The third-order valence-electron chi connectivity index (χ3n) is 5.15. The summed E-state index contributed by atoms with van der Waals surface area (Å²) in [5.74, 6) is 1.40. The van der Waals surface area contributed by atoms with Gasteiger partial charge in [-0.1, -0.05) is 12.1 Å². The van der Waals surface area contributed by atoms with Gasteiger partial charge in [-0.2, -0.15) is 0 Å². The van der Waals surface area contributed by atoms with E-state index < -0.39 is 0 Å². The Kier molecular flexibility index (Phi) is 4.20. The van der Waals surface area contributed by atoms with Gasteiger partial charge in [0.15, 0.2) is 11.5 Å². The van der Waals surface area contributed by atoms with E-state index in [1.165, 1.54) is 4.70 Å². The predicted molar refractivity (Wildman–Crippen MR) is 105 cm³/mol. The van der Waals surface area contributed by atoms with Crippen molar-refractivity contribution in [1.29, 1.82) is 0 Å². The molecule has 0 N–H and O–H groups in total. The molecule has 2 aromatic carbocycles. The molecule has 0 unspecified atom stereocenters. The lowest BCUT2D eigenvalue weighted by Crippen LogP contribution is -2.38. The molecule has 0 bridgehead atoms. The summed E-state index contributed by atoms with van der Waals surface area (Å²) in [6.07, 6.45) is 3.10. The fourth-order valence-corrected chi connectivity index (χ4v) is 4.92. The van der Waals surface area contributed by atoms with Gasteiger partial charge in [0, 0.05) is 12.1 Å². The van der Waals surface area contributed by atoms with Crippen molar-refractivity contribution >= 4 is 27.5 Å². The van der Waals surface area contributed by atoms with Crippen LogP contribution in [0.2, 0.25) is 0 Å². The molecule has 3 aromatic rings. The number of benzene rings is 2. The van der Waals surface area contributed by atoms with E-state index in [9.17, 15) is 4.79 Å². The predicted octanol–water partition coefficient (Wildman–Crippen LogP) is 4.43. The zero-order valence-corrected chi connectivity index (χ0v) is 15.7. The smallest absolute Gasteiger partial charge is 0.254 e. The largest absolute Gasteiger partial charge is 0.486 e. The van der Waals surface area contributed by atoms with E-state index in [1.807, 2.05) is 35.2 Å². The van der Waals surface area contributed by atoms with E-state index in [1.54, 1.807) is 17.4 Å². The van der Waals surface area contributed by atoms with Gasteiger partial charge in [-0.05, 0) is 49.6 Å². The van der Waals surface area contributed by atoms with Gasteiger partial charge >= 0.3 is 0 Å². The van der Waals surface area contributed by atoms with Crippen molar-refractivity contribution in [2.24, 2.45) is 0 Å². The molecule has 27 heavy (non-hydrogen) atoms. The molecule has 3 heterocycles. The molecular weight excluding hydrogens is 360 g/mol. The second kappa shape index (κ2) is 6.85. The molecular formula is C21H20N2O3S. The highest BCUT2D eigenvalue weighted by atomic mass is 32.1. The van der Waals surface area contributed by atoms with Gasteiger partial charge in [-0.3, -0.25) is 4.79 Å². The zero-order chi connectivity index (χ0) is 18.2. The van der Waals surface area contributed by atoms with Gasteiger partial charge in [0.1, 0.15) is 18.2 Å². The van der Waals surface area contributed by atoms with E-state index in [-0.39, 0.29) is 11.9 Å². The van der Waals surface area contributed by atoms with Crippen LogP contribution in [0.5, 0.6) is 11.5 Å². The molecule has 5 rings (SSSR count). The van der Waals surface area contributed by atoms with E-state index >= 15 is 0 Å². The van der Waals surface area contributed by atoms with Crippen molar-refractivity contribution in [2.75, 3.05) is 19.8 Å². The average Bonchev–Trinajstić information content (AvgIpc) is 3.17. The van der Waals surface area contributed by atoms with E-state index in [4.69, 9.17) is 14.5 Å². The highest BCUT2D eigenvalue weighted by Crippen LogP contribution is 2.37. The van der Waals surface area contributed by atoms with Crippen molar-refractivity contribution < 1.29 is 14.3 Å². The quantitative estimate of drug-likeness (QED) is 0.660. The van der Waals surface area contributed by atoms with Gasteiger partial charge in [0.05, 0.1) is 16.3 Å². The lowest BCUT2D eigenvalue weighted by molar-refractivity contribution is 0.0610. The summed E-state index contributed by atoms with van der Waals surface area (Å²) in [7, 11) is 0. The van der Waals surface area contributed by atoms with Crippen molar-refractivity contribution in [1.82, 2.24) is 9.88 Å². The number of fused-ring (bicyclic) bond motifs is 2. The number of aromatic nitrogens is 1. The van der Waals surface area contributed by atoms with Crippen LogP contribution >= 0.6 is 11.3 Å². The molecule has 2 aliphatic heterocycles. The average molecular weight is 380 g/mol. The first-order valence-corrected chi connectivity index (χ1v) is 10.2. The number of carbonyl (C=O) groups excluding carboxylic acids is 1. The highest BCUT2D eigenvalue weighted by molar-refractivity contribution is 7.18. The molecule has 0 radical (unpaired) electrons. The normalized spacial score (nSPS) is 19.3. The zero-order valence-electron chi connectivity index (χ0n) is 14.9. The number of rotatable bonds is 2. The second-order valence-electron chi connectivity index (χ2n) is 6.89. The molecule has 1 saturated heterocycles. The van der Waals surface area contributed by atoms with Crippen LogP contribution in [-0.4, -0.2) is 35.5 Å². The third kappa shape index (κ3) is 3.04. The van der Waals surface area contributed by atoms with Crippen LogP contribution in [0, 0.1) is 0 Å². The number of ether oxygens (including phenoxy) is 2. The van der Waals surface area contributed by atoms with Gasteiger partial charge in [0.25, 0.3) is 5.91 Å². The summed E-state index contributed by atoms with van der Waals surface area (Å²) in [6, 6.07) is 13.7. The van der Waals surface area contributed by atoms with Crippen molar-refractivity contribution in [3.05, 3.63) is 53.0 Å². The van der Waals surface area contributed by atoms with Crippen molar-refractivity contribution in [2.45, 2.75) is 25.3 Å². The Morgan fingerprint density at radius 1 is 1.07 bits per heavy atom. The fraction of sp³-hybridized carbons (Fsp3) is 0.333. The van der Waals surface area contributed by atoms with Gasteiger partial charge in [-0.15, -0.1) is 11.3 Å². The summed E-state index contributed by atoms with van der Waals surface area (Å²) in [5, 5.41) is 1.03. The first-order chi connectivity index (χ1) is 13.3. The van der Waals surface area contributed by atoms with Crippen molar-refractivity contribution in [3.63, 3.8) is 0 Å². The number of piperidine rings is 1. The molecule has 1 aromatic heterocycles. The molecule has 5 nitrogen and oxygen atoms in total. The maximum absolute atomic E-state index is 13.3. The number of para-hydroxylation sites is 1. The Hall–Kier alpha value is -2.60. The van der Waals surface area contributed by atoms with E-state index in [0.29, 0.717) is 30.3 Å². The monoisotopic (exact) mass is 380 g/mol. The number of hydrogen-bond donors (Lipinski definition) is 0. The summed E-state index contributed by atoms with van der Waals surface area (Å²) >= 11 is 1.69. The maximum Gasteiger partial charge on any atom is 0.254 e. The minimum atomic E-state index is 0.0379. The Balaban J connectivity index is 1.47. The van der Waals surface area contributed by atoms with Crippen LogP contribution in [0.15, 0.2) is 42.5 Å². The molecule has 0 aliphatic carbocycles. The lowest BCUT2D eigenvalue weighted by Gasteiger charge is -2.34. The molecule has 138 valence electrons. The van der Waals surface area contributed by atoms with Crippen LogP contribution in [-0.2, 0) is 0 Å². The lowest BCUT2D eigenvalue weighted by atomic mass is 10.0. The minimum Gasteiger partial charge on any atom is -0.486 e. The van der Waals surface area contributed by atoms with E-state index in [2.05, 4.69) is 6.07 Å². The molecule has 2 aliphatic rings. The Bertz CT molecular complexity index is 967. The highest BCUT2D eigenvalue weighted by Gasteiger charge is 2.31. The Morgan fingerprint density at radius 2 is 1.93 bits per heavy atom. The van der Waals surface area contributed by atoms with Crippen LogP contribution < -0.4 is 9.47 Å². The van der Waals surface area contributed by atoms with E-state index in [0.717, 1.165) is 36.3 Å². The molecule has 1 fully saturated rings. The number of hydrogen-bond acceptors (Lipinski definition) is 5. The molecule has 1 amide bonds. The molecule has 0 saturated carbocycles. The van der Waals surface area contributed by atoms with Gasteiger partial charge < -0.3 is 14.4 Å². The topological polar surface area (TPSA) is 51.7 Å².